The topological polar surface area (TPSA) is 75.4 Å². The quantitative estimate of drug-likeness (QED) is 0.705. The van der Waals surface area contributed by atoms with Crippen LogP contribution in [0.2, 0.25) is 0 Å². The van der Waals surface area contributed by atoms with Crippen molar-refractivity contribution in [3.63, 3.8) is 0 Å². The number of hydrogen-bond acceptors (Lipinski definition) is 5. The first kappa shape index (κ1) is 15.9. The first-order valence-corrected chi connectivity index (χ1v) is 7.97. The van der Waals surface area contributed by atoms with Crippen molar-refractivity contribution < 1.29 is 4.79 Å². The van der Waals surface area contributed by atoms with Crippen LogP contribution >= 0.6 is 0 Å². The fourth-order valence-corrected chi connectivity index (χ4v) is 2.36. The molecule has 0 radical (unpaired) electrons. The molecule has 3 heterocycles. The number of aromatic nitrogens is 4. The number of hydrogen-bond donors (Lipinski definition) is 1. The lowest BCUT2D eigenvalue weighted by atomic mass is 10.3. The lowest BCUT2D eigenvalue weighted by molar-refractivity contribution is 0.0954. The predicted molar refractivity (Wildman–Crippen MR) is 92.5 cm³/mol. The van der Waals surface area contributed by atoms with Gasteiger partial charge in [0.25, 0.3) is 5.91 Å². The summed E-state index contributed by atoms with van der Waals surface area (Å²) in [5.74, 6) is 0.575. The van der Waals surface area contributed by atoms with Gasteiger partial charge in [0.1, 0.15) is 11.4 Å². The van der Waals surface area contributed by atoms with Gasteiger partial charge in [-0.3, -0.25) is 9.78 Å². The second-order valence-electron chi connectivity index (χ2n) is 5.49. The van der Waals surface area contributed by atoms with Crippen LogP contribution in [0, 0.1) is 0 Å². The first-order valence-electron chi connectivity index (χ1n) is 7.97. The van der Waals surface area contributed by atoms with Crippen LogP contribution in [0.1, 0.15) is 30.1 Å². The molecule has 3 aromatic rings. The van der Waals surface area contributed by atoms with Gasteiger partial charge < -0.3 is 10.2 Å². The Bertz CT molecular complexity index is 829. The van der Waals surface area contributed by atoms with Crippen molar-refractivity contribution in [1.82, 2.24) is 24.9 Å². The van der Waals surface area contributed by atoms with Gasteiger partial charge in [-0.1, -0.05) is 13.3 Å². The summed E-state index contributed by atoms with van der Waals surface area (Å²) in [7, 11) is 1.91. The van der Waals surface area contributed by atoms with Gasteiger partial charge in [0.05, 0.1) is 18.1 Å². The Morgan fingerprint density at radius 1 is 1.33 bits per heavy atom. The number of rotatable bonds is 6. The average Bonchev–Trinajstić information content (AvgIpc) is 3.05. The van der Waals surface area contributed by atoms with Crippen molar-refractivity contribution in [2.75, 3.05) is 18.5 Å². The molecule has 7 nitrogen and oxygen atoms in total. The number of unbranched alkanes of at least 4 members (excludes halogenated alkanes) is 1. The third-order valence-electron chi connectivity index (χ3n) is 3.79. The van der Waals surface area contributed by atoms with Gasteiger partial charge in [-0.05, 0) is 24.6 Å². The number of fused-ring (bicyclic) bond motifs is 1. The highest BCUT2D eigenvalue weighted by atomic mass is 16.1. The second kappa shape index (κ2) is 7.08. The Morgan fingerprint density at radius 2 is 2.21 bits per heavy atom. The summed E-state index contributed by atoms with van der Waals surface area (Å²) in [5.41, 5.74) is 1.94. The fourth-order valence-electron chi connectivity index (χ4n) is 2.36. The van der Waals surface area contributed by atoms with Crippen LogP contribution in [0.5, 0.6) is 0 Å². The molecular weight excluding hydrogens is 304 g/mol. The van der Waals surface area contributed by atoms with Crippen LogP contribution in [0.4, 0.5) is 11.5 Å². The molecule has 0 aliphatic carbocycles. The standard InChI is InChI=1S/C17H20N6O/c1-3-4-9-19-17(24)14-12-20-23-10-7-15(21-16(14)23)22(2)13-6-5-8-18-11-13/h5-8,10-12H,3-4,9H2,1-2H3,(H,19,24). The van der Waals surface area contributed by atoms with Crippen molar-refractivity contribution in [2.45, 2.75) is 19.8 Å². The highest BCUT2D eigenvalue weighted by molar-refractivity contribution is 5.99. The minimum absolute atomic E-state index is 0.146. The lowest BCUT2D eigenvalue weighted by Crippen LogP contribution is -2.24. The van der Waals surface area contributed by atoms with Gasteiger partial charge in [0.2, 0.25) is 0 Å². The predicted octanol–water partition coefficient (Wildman–Crippen LogP) is 2.42. The molecule has 0 saturated carbocycles. The summed E-state index contributed by atoms with van der Waals surface area (Å²) in [6.45, 7) is 2.74. The minimum Gasteiger partial charge on any atom is -0.352 e. The van der Waals surface area contributed by atoms with Crippen LogP contribution in [-0.2, 0) is 0 Å². The van der Waals surface area contributed by atoms with Crippen LogP contribution in [0.15, 0.2) is 43.0 Å². The molecule has 0 aliphatic rings. The minimum atomic E-state index is -0.146. The van der Waals surface area contributed by atoms with Crippen LogP contribution in [-0.4, -0.2) is 39.1 Å². The van der Waals surface area contributed by atoms with Gasteiger partial charge in [0, 0.05) is 26.0 Å². The number of amides is 1. The molecular formula is C17H20N6O. The van der Waals surface area contributed by atoms with E-state index in [1.54, 1.807) is 29.3 Å². The summed E-state index contributed by atoms with van der Waals surface area (Å²) in [6, 6.07) is 5.68. The Kier molecular flexibility index (Phi) is 4.69. The molecule has 0 saturated heterocycles. The SMILES string of the molecule is CCCCNC(=O)c1cnn2ccc(N(C)c3cccnc3)nc12. The van der Waals surface area contributed by atoms with Gasteiger partial charge in [-0.25, -0.2) is 9.50 Å². The molecule has 124 valence electrons. The molecule has 1 N–H and O–H groups in total. The van der Waals surface area contributed by atoms with E-state index in [-0.39, 0.29) is 5.91 Å². The fraction of sp³-hybridized carbons (Fsp3) is 0.294. The maximum atomic E-state index is 12.3. The molecule has 3 rings (SSSR count). The zero-order valence-corrected chi connectivity index (χ0v) is 13.8. The summed E-state index contributed by atoms with van der Waals surface area (Å²) >= 11 is 0. The highest BCUT2D eigenvalue weighted by Gasteiger charge is 2.15. The van der Waals surface area contributed by atoms with Crippen LogP contribution in [0.3, 0.4) is 0 Å². The second-order valence-corrected chi connectivity index (χ2v) is 5.49. The number of carbonyl (C=O) groups is 1. The largest absolute Gasteiger partial charge is 0.352 e. The average molecular weight is 324 g/mol. The van der Waals surface area contributed by atoms with Crippen molar-refractivity contribution >= 4 is 23.1 Å². The lowest BCUT2D eigenvalue weighted by Gasteiger charge is -2.17. The molecule has 0 atom stereocenters. The van der Waals surface area contributed by atoms with Gasteiger partial charge in [0.15, 0.2) is 5.65 Å². The molecule has 1 amide bonds. The van der Waals surface area contributed by atoms with E-state index in [0.717, 1.165) is 24.3 Å². The summed E-state index contributed by atoms with van der Waals surface area (Å²) in [6.07, 6.45) is 8.83. The Labute approximate surface area is 140 Å². The molecule has 0 aromatic carbocycles. The Morgan fingerprint density at radius 3 is 2.96 bits per heavy atom. The smallest absolute Gasteiger partial charge is 0.256 e. The van der Waals surface area contributed by atoms with Crippen molar-refractivity contribution in [3.05, 3.63) is 48.5 Å². The van der Waals surface area contributed by atoms with E-state index in [1.165, 1.54) is 0 Å². The molecule has 3 aromatic heterocycles. The zero-order chi connectivity index (χ0) is 16.9. The Balaban J connectivity index is 1.90. The van der Waals surface area contributed by atoms with Crippen molar-refractivity contribution in [1.29, 1.82) is 0 Å². The molecule has 0 spiro atoms. The number of nitrogens with zero attached hydrogens (tertiary/aromatic N) is 5. The Hall–Kier alpha value is -2.96. The van der Waals surface area contributed by atoms with Crippen LogP contribution < -0.4 is 10.2 Å². The van der Waals surface area contributed by atoms with Crippen molar-refractivity contribution in [3.8, 4) is 0 Å². The molecule has 0 bridgehead atoms. The molecule has 0 aliphatic heterocycles. The number of nitrogens with one attached hydrogen (secondary N) is 1. The van der Waals surface area contributed by atoms with E-state index in [2.05, 4.69) is 27.3 Å². The third-order valence-corrected chi connectivity index (χ3v) is 3.79. The first-order chi connectivity index (χ1) is 11.7. The van der Waals surface area contributed by atoms with Crippen molar-refractivity contribution in [2.24, 2.45) is 0 Å². The van der Waals surface area contributed by atoms with E-state index in [4.69, 9.17) is 0 Å². The monoisotopic (exact) mass is 324 g/mol. The number of anilines is 2. The number of carbonyl (C=O) groups excluding carboxylic acids is 1. The van der Waals surface area contributed by atoms with E-state index < -0.39 is 0 Å². The maximum Gasteiger partial charge on any atom is 0.256 e. The van der Waals surface area contributed by atoms with E-state index in [1.807, 2.05) is 30.1 Å². The molecule has 0 unspecified atom stereocenters. The summed E-state index contributed by atoms with van der Waals surface area (Å²) in [5, 5.41) is 7.11. The highest BCUT2D eigenvalue weighted by Crippen LogP contribution is 2.21. The van der Waals surface area contributed by atoms with E-state index in [9.17, 15) is 4.79 Å². The zero-order valence-electron chi connectivity index (χ0n) is 13.8. The van der Waals surface area contributed by atoms with Crippen LogP contribution in [0.25, 0.3) is 5.65 Å². The molecule has 24 heavy (non-hydrogen) atoms. The van der Waals surface area contributed by atoms with Gasteiger partial charge >= 0.3 is 0 Å². The van der Waals surface area contributed by atoms with E-state index in [0.29, 0.717) is 17.8 Å². The normalized spacial score (nSPS) is 10.8. The third kappa shape index (κ3) is 3.19. The molecule has 0 fully saturated rings. The number of pyridine rings is 1. The summed E-state index contributed by atoms with van der Waals surface area (Å²) < 4.78 is 1.61. The van der Waals surface area contributed by atoms with E-state index >= 15 is 0 Å². The summed E-state index contributed by atoms with van der Waals surface area (Å²) in [4.78, 5) is 23.0. The maximum absolute atomic E-state index is 12.3. The molecule has 7 heteroatoms. The van der Waals surface area contributed by atoms with Gasteiger partial charge in [-0.2, -0.15) is 5.10 Å². The van der Waals surface area contributed by atoms with Gasteiger partial charge in [-0.15, -0.1) is 0 Å².